The average Bonchev–Trinajstić information content (AvgIpc) is 3.70. The van der Waals surface area contributed by atoms with Gasteiger partial charge in [0.05, 0.1) is 11.0 Å². The van der Waals surface area contributed by atoms with Crippen LogP contribution in [0.25, 0.3) is 22.2 Å². The van der Waals surface area contributed by atoms with Crippen molar-refractivity contribution in [3.05, 3.63) is 83.2 Å². The van der Waals surface area contributed by atoms with E-state index in [1.807, 2.05) is 49.4 Å². The van der Waals surface area contributed by atoms with Crippen molar-refractivity contribution in [2.75, 3.05) is 26.0 Å². The van der Waals surface area contributed by atoms with Crippen LogP contribution >= 0.6 is 0 Å². The molecule has 0 bridgehead atoms. The summed E-state index contributed by atoms with van der Waals surface area (Å²) in [4.78, 5) is 70.0. The van der Waals surface area contributed by atoms with Crippen molar-refractivity contribution in [1.82, 2.24) is 30.8 Å². The number of aromatic amines is 1. The third-order valence-electron chi connectivity index (χ3n) is 12.0. The summed E-state index contributed by atoms with van der Waals surface area (Å²) in [5.41, 5.74) is 4.03. The van der Waals surface area contributed by atoms with E-state index in [1.165, 1.54) is 18.2 Å². The summed E-state index contributed by atoms with van der Waals surface area (Å²) in [6.07, 6.45) is -3.50. The first kappa shape index (κ1) is 52.8. The molecule has 2 saturated carbocycles. The Morgan fingerprint density at radius 2 is 1.49 bits per heavy atom. The molecule has 2 aliphatic rings. The molecule has 1 aromatic heterocycles. The number of alkyl halides is 6. The first-order valence-electron chi connectivity index (χ1n) is 22.4. The lowest BCUT2D eigenvalue weighted by Gasteiger charge is -2.33. The van der Waals surface area contributed by atoms with Crippen LogP contribution < -0.4 is 21.3 Å². The van der Waals surface area contributed by atoms with E-state index in [1.54, 1.807) is 20.8 Å². The maximum Gasteiger partial charge on any atom is 0.490 e. The number of halogens is 6. The smallest absolute Gasteiger partial charge is 0.475 e. The monoisotopic (exact) mass is 959 g/mol. The van der Waals surface area contributed by atoms with E-state index in [9.17, 15) is 45.5 Å². The number of carbonyl (C=O) groups is 5. The zero-order chi connectivity index (χ0) is 50.1. The van der Waals surface area contributed by atoms with Gasteiger partial charge in [0.1, 0.15) is 11.6 Å². The number of imidazole rings is 1. The zero-order valence-corrected chi connectivity index (χ0v) is 38.8. The second-order valence-corrected chi connectivity index (χ2v) is 18.6. The second-order valence-electron chi connectivity index (χ2n) is 18.6. The summed E-state index contributed by atoms with van der Waals surface area (Å²) in [6, 6.07) is 17.3. The quantitative estimate of drug-likeness (QED) is 0.0753. The molecule has 14 nitrogen and oxygen atoms in total. The van der Waals surface area contributed by atoms with Crippen LogP contribution in [0.2, 0.25) is 0 Å². The molecule has 2 fully saturated rings. The third-order valence-corrected chi connectivity index (χ3v) is 12.0. The van der Waals surface area contributed by atoms with Crippen molar-refractivity contribution in [2.45, 2.75) is 122 Å². The van der Waals surface area contributed by atoms with Gasteiger partial charge in [-0.3, -0.25) is 14.4 Å². The van der Waals surface area contributed by atoms with Crippen LogP contribution in [0, 0.1) is 18.8 Å². The van der Waals surface area contributed by atoms with Crippen LogP contribution in [-0.2, 0) is 31.7 Å². The van der Waals surface area contributed by atoms with E-state index in [0.29, 0.717) is 43.8 Å². The number of fused-ring (bicyclic) bond motifs is 1. The highest BCUT2D eigenvalue weighted by atomic mass is 19.4. The molecule has 0 saturated heterocycles. The summed E-state index contributed by atoms with van der Waals surface area (Å²) < 4.78 is 77.0. The number of nitrogens with zero attached hydrogens (tertiary/aromatic N) is 2. The molecule has 0 aliphatic heterocycles. The minimum absolute atomic E-state index is 0.0801. The number of aliphatic carboxylic acids is 1. The molecule has 1 atom stereocenters. The predicted molar refractivity (Wildman–Crippen MR) is 243 cm³/mol. The predicted octanol–water partition coefficient (Wildman–Crippen LogP) is 8.79. The molecule has 20 heteroatoms. The molecule has 4 amide bonds. The van der Waals surface area contributed by atoms with E-state index >= 15 is 0 Å². The van der Waals surface area contributed by atoms with Gasteiger partial charge in [-0.1, -0.05) is 30.3 Å². The lowest BCUT2D eigenvalue weighted by Crippen LogP contribution is -2.48. The fraction of sp³-hybridized carbons (Fsp3) is 0.500. The lowest BCUT2D eigenvalue weighted by atomic mass is 9.81. The molecule has 6 rings (SSSR count). The second kappa shape index (κ2) is 22.3. The number of carboxylic acid groups (broad SMARTS) is 1. The number of rotatable bonds is 12. The maximum absolute atomic E-state index is 13.9. The van der Waals surface area contributed by atoms with Crippen molar-refractivity contribution in [3.63, 3.8) is 0 Å². The normalized spacial score (nSPS) is 19.2. The lowest BCUT2D eigenvalue weighted by molar-refractivity contribution is -0.192. The first-order valence-corrected chi connectivity index (χ1v) is 22.4. The molecule has 6 N–H and O–H groups in total. The Labute approximate surface area is 390 Å². The Hall–Kier alpha value is -6.18. The van der Waals surface area contributed by atoms with Gasteiger partial charge in [-0.25, -0.2) is 14.6 Å². The molecule has 0 spiro atoms. The van der Waals surface area contributed by atoms with E-state index in [2.05, 4.69) is 50.2 Å². The van der Waals surface area contributed by atoms with Gasteiger partial charge in [0.2, 0.25) is 17.6 Å². The van der Waals surface area contributed by atoms with Crippen molar-refractivity contribution in [3.8, 4) is 11.1 Å². The molecule has 3 aromatic carbocycles. The molecule has 0 unspecified atom stereocenters. The van der Waals surface area contributed by atoms with Crippen molar-refractivity contribution in [2.24, 2.45) is 11.8 Å². The Morgan fingerprint density at radius 3 is 2.04 bits per heavy atom. The number of hydrogen-bond acceptors (Lipinski definition) is 8. The number of anilines is 1. The van der Waals surface area contributed by atoms with E-state index in [4.69, 9.17) is 14.6 Å². The third kappa shape index (κ3) is 15.4. The van der Waals surface area contributed by atoms with Crippen LogP contribution in [-0.4, -0.2) is 100 Å². The van der Waals surface area contributed by atoms with Crippen LogP contribution in [0.4, 0.5) is 36.8 Å². The van der Waals surface area contributed by atoms with Crippen LogP contribution in [0.15, 0.2) is 60.7 Å². The fourth-order valence-corrected chi connectivity index (χ4v) is 8.31. The Kier molecular flexibility index (Phi) is 17.3. The summed E-state index contributed by atoms with van der Waals surface area (Å²) in [6.45, 7) is 7.80. The van der Waals surface area contributed by atoms with Crippen LogP contribution in [0.5, 0.6) is 0 Å². The number of H-pyrrole nitrogens is 1. The Balaban J connectivity index is 0.00000114. The summed E-state index contributed by atoms with van der Waals surface area (Å²) in [7, 11) is 4.19. The molecule has 370 valence electrons. The number of alkyl carbamates (subject to hydrolysis) is 1. The number of carboxylic acids is 1. The van der Waals surface area contributed by atoms with Gasteiger partial charge in [0.25, 0.3) is 5.91 Å². The highest BCUT2D eigenvalue weighted by molar-refractivity contribution is 5.99. The highest BCUT2D eigenvalue weighted by Crippen LogP contribution is 2.32. The van der Waals surface area contributed by atoms with Crippen molar-refractivity contribution in [1.29, 1.82) is 0 Å². The van der Waals surface area contributed by atoms with Gasteiger partial charge >= 0.3 is 24.4 Å². The largest absolute Gasteiger partial charge is 0.490 e. The molecule has 1 heterocycles. The van der Waals surface area contributed by atoms with Gasteiger partial charge in [-0.2, -0.15) is 26.3 Å². The number of nitrogens with one attached hydrogen (secondary N) is 5. The maximum atomic E-state index is 13.9. The molecular weight excluding hydrogens is 901 g/mol. The summed E-state index contributed by atoms with van der Waals surface area (Å²) in [5.74, 6) is -4.94. The van der Waals surface area contributed by atoms with Gasteiger partial charge in [-0.05, 0) is 152 Å². The van der Waals surface area contributed by atoms with E-state index in [0.717, 1.165) is 47.9 Å². The molecule has 2 aliphatic carbocycles. The molecule has 4 aromatic rings. The zero-order valence-electron chi connectivity index (χ0n) is 38.8. The SMILES string of the molecule is Cc1cc(C(=O)NC2CCC(N(C)C)CC2)ccc1-c1ccc(C[C@H](NC(=O)C2CCC(CNC(=O)OC(C)(C)C)CC2)C(=O)Nc2ccc3nc(C(F)(F)F)[nH]c3c2)cc1.O=C(O)C(F)(F)F. The van der Waals surface area contributed by atoms with Gasteiger partial charge < -0.3 is 41.0 Å². The number of carbonyl (C=O) groups excluding carboxylic acids is 4. The minimum atomic E-state index is -5.08. The topological polar surface area (TPSA) is 195 Å². The number of aryl methyl sites for hydroxylation is 1. The molecule has 68 heavy (non-hydrogen) atoms. The Bertz CT molecular complexity index is 2400. The highest BCUT2D eigenvalue weighted by Gasteiger charge is 2.38. The molecular formula is C48H59F6N7O7. The van der Waals surface area contributed by atoms with E-state index < -0.39 is 47.8 Å². The number of hydrogen-bond donors (Lipinski definition) is 6. The molecule has 0 radical (unpaired) electrons. The summed E-state index contributed by atoms with van der Waals surface area (Å²) >= 11 is 0. The fourth-order valence-electron chi connectivity index (χ4n) is 8.31. The number of amides is 4. The average molecular weight is 960 g/mol. The Morgan fingerprint density at radius 1 is 0.853 bits per heavy atom. The van der Waals surface area contributed by atoms with Gasteiger partial charge in [0, 0.05) is 42.2 Å². The number of ether oxygens (including phenoxy) is 1. The first-order chi connectivity index (χ1) is 31.7. The number of aromatic nitrogens is 2. The van der Waals surface area contributed by atoms with Crippen LogP contribution in [0.3, 0.4) is 0 Å². The van der Waals surface area contributed by atoms with E-state index in [-0.39, 0.29) is 52.8 Å². The van der Waals surface area contributed by atoms with Crippen molar-refractivity contribution < 1.29 is 60.2 Å². The van der Waals surface area contributed by atoms with Gasteiger partial charge in [-0.15, -0.1) is 0 Å². The van der Waals surface area contributed by atoms with Crippen LogP contribution in [0.1, 0.15) is 99.4 Å². The standard InChI is InChI=1S/C46H58F3N7O5.C2HF3O2/c1-27-23-32(41(58)51-33-16-19-35(20-17-33)56(5)6)15-21-36(27)30-11-7-28(8-12-30)24-39(42(59)52-34-18-22-37-38(25-34)55-43(54-37)46(47,48)49)53-40(57)31-13-9-29(10-14-31)26-50-44(60)61-45(2,3)4;3-2(4,5)1(6)7/h7-8,11-12,15,18,21-23,25,29,31,33,35,39H,9-10,13-14,16-17,19-20,24,26H2,1-6H3,(H,50,60)(H,51,58)(H,52,59)(H,53,57)(H,54,55);(H,6,7)/t29?,31?,33?,35?,39-;/m0./s1. The minimum Gasteiger partial charge on any atom is -0.475 e. The summed E-state index contributed by atoms with van der Waals surface area (Å²) in [5, 5.41) is 18.9. The van der Waals surface area contributed by atoms with Gasteiger partial charge in [0.15, 0.2) is 0 Å². The van der Waals surface area contributed by atoms with Crippen molar-refractivity contribution >= 4 is 46.5 Å². The number of benzene rings is 3.